The van der Waals surface area contributed by atoms with Gasteiger partial charge >= 0.3 is 17.7 Å². The maximum atomic E-state index is 15.4. The van der Waals surface area contributed by atoms with Crippen LogP contribution in [0.4, 0.5) is 30.8 Å². The summed E-state index contributed by atoms with van der Waals surface area (Å²) in [5.74, 6) is -2.07. The number of imide groups is 1. The number of urea groups is 1. The van der Waals surface area contributed by atoms with E-state index in [4.69, 9.17) is 14.5 Å². The number of nitrogens with zero attached hydrogens (tertiary/aromatic N) is 8. The summed E-state index contributed by atoms with van der Waals surface area (Å²) in [5, 5.41) is 6.40. The molecule has 0 bridgehead atoms. The lowest BCUT2D eigenvalue weighted by atomic mass is 9.88. The largest absolute Gasteiger partial charge is 0.467 e. The standard InChI is InChI=1S/C47H45F2N9O6/c1-4-34-35(15-19-51-43(34)57-23-22-56(47(57)62)31-6-5-18-50-27-31)36-12-9-30(58-45(63-3)53-54(2)46(58)61)26-40(36)64-33-10-7-28(8-11-33)29-16-20-55(21-17-29)32-24-38(48)42(39(49)25-32)37-13-14-41(59)52-44(37)60/h5-12,15,18-19,24-27,29,37H,4,13-14,16-17,20-23H2,1-3H3,(H,52,59,60). The minimum atomic E-state index is -1.05. The number of ether oxygens (including phenoxy) is 2. The third-order valence-corrected chi connectivity index (χ3v) is 12.3. The average molecular weight is 870 g/mol. The van der Waals surface area contributed by atoms with Gasteiger partial charge in [0, 0.05) is 80.5 Å². The first-order chi connectivity index (χ1) is 31.0. The highest BCUT2D eigenvalue weighted by Crippen LogP contribution is 2.41. The normalized spacial score (nSPS) is 17.0. The van der Waals surface area contributed by atoms with Crippen LogP contribution in [0.1, 0.15) is 61.1 Å². The number of amides is 4. The molecule has 15 nitrogen and oxygen atoms in total. The van der Waals surface area contributed by atoms with Crippen molar-refractivity contribution in [2.24, 2.45) is 7.05 Å². The highest BCUT2D eigenvalue weighted by Gasteiger charge is 2.35. The summed E-state index contributed by atoms with van der Waals surface area (Å²) in [5.41, 5.74) is 4.32. The first kappa shape index (κ1) is 41.9. The van der Waals surface area contributed by atoms with Gasteiger partial charge in [0.05, 0.1) is 30.6 Å². The molecular formula is C47H45F2N9O6. The molecule has 3 fully saturated rings. The molecule has 0 spiro atoms. The second-order valence-corrected chi connectivity index (χ2v) is 16.0. The van der Waals surface area contributed by atoms with Gasteiger partial charge in [0.2, 0.25) is 11.8 Å². The highest BCUT2D eigenvalue weighted by molar-refractivity contribution is 6.06. The van der Waals surface area contributed by atoms with Gasteiger partial charge < -0.3 is 14.4 Å². The predicted octanol–water partition coefficient (Wildman–Crippen LogP) is 7.02. The van der Waals surface area contributed by atoms with E-state index in [1.54, 1.807) is 53.6 Å². The number of carbonyl (C=O) groups excluding carboxylic acids is 3. The molecule has 3 aromatic carbocycles. The number of carbonyl (C=O) groups is 3. The number of pyridine rings is 2. The number of anilines is 3. The number of benzene rings is 3. The van der Waals surface area contributed by atoms with Gasteiger partial charge in [0.15, 0.2) is 0 Å². The van der Waals surface area contributed by atoms with Crippen molar-refractivity contribution in [3.05, 3.63) is 130 Å². The van der Waals surface area contributed by atoms with Crippen molar-refractivity contribution in [3.8, 4) is 34.3 Å². The average Bonchev–Trinajstić information content (AvgIpc) is 3.84. The Labute approximate surface area is 366 Å². The quantitative estimate of drug-likeness (QED) is 0.134. The lowest BCUT2D eigenvalue weighted by molar-refractivity contribution is -0.134. The van der Waals surface area contributed by atoms with Crippen LogP contribution in [0.2, 0.25) is 0 Å². The van der Waals surface area contributed by atoms with Gasteiger partial charge in [0.1, 0.15) is 29.0 Å². The van der Waals surface area contributed by atoms with Gasteiger partial charge in [-0.2, -0.15) is 0 Å². The van der Waals surface area contributed by atoms with E-state index in [1.807, 2.05) is 54.3 Å². The molecule has 1 atom stereocenters. The van der Waals surface area contributed by atoms with Crippen LogP contribution >= 0.6 is 0 Å². The third kappa shape index (κ3) is 7.81. The molecule has 328 valence electrons. The number of hydrogen-bond donors (Lipinski definition) is 1. The Morgan fingerprint density at radius 3 is 2.25 bits per heavy atom. The molecule has 0 saturated carbocycles. The molecular weight excluding hydrogens is 825 g/mol. The van der Waals surface area contributed by atoms with Gasteiger partial charge in [-0.1, -0.05) is 19.1 Å². The van der Waals surface area contributed by atoms with Crippen LogP contribution < -0.4 is 35.2 Å². The Morgan fingerprint density at radius 1 is 0.812 bits per heavy atom. The van der Waals surface area contributed by atoms with Gasteiger partial charge in [0.25, 0.3) is 0 Å². The Bertz CT molecular complexity index is 2800. The van der Waals surface area contributed by atoms with E-state index in [1.165, 1.54) is 28.5 Å². The van der Waals surface area contributed by atoms with E-state index in [-0.39, 0.29) is 36.4 Å². The van der Waals surface area contributed by atoms with Crippen molar-refractivity contribution in [3.63, 3.8) is 0 Å². The third-order valence-electron chi connectivity index (χ3n) is 12.3. The SMILES string of the molecule is CCc1c(-c2ccc(-n3c(OC)nn(C)c3=O)cc2Oc2ccc(C3CCN(c4cc(F)c(C5CCC(=O)NC5=O)c(F)c4)CC3)cc2)ccnc1N1CCN(c2cccnc2)C1=O. The number of piperidine rings is 2. The van der Waals surface area contributed by atoms with Crippen LogP contribution in [0.25, 0.3) is 16.8 Å². The molecule has 0 aliphatic carbocycles. The Kier molecular flexibility index (Phi) is 11.4. The number of nitrogens with one attached hydrogen (secondary N) is 1. The van der Waals surface area contributed by atoms with Crippen molar-refractivity contribution < 1.29 is 32.6 Å². The van der Waals surface area contributed by atoms with Crippen LogP contribution in [0.15, 0.2) is 96.2 Å². The highest BCUT2D eigenvalue weighted by atomic mass is 19.1. The number of aryl methyl sites for hydroxylation is 1. The minimum Gasteiger partial charge on any atom is -0.467 e. The molecule has 4 amide bonds. The van der Waals surface area contributed by atoms with E-state index in [0.29, 0.717) is 72.5 Å². The molecule has 0 radical (unpaired) electrons. The van der Waals surface area contributed by atoms with Gasteiger partial charge in [-0.25, -0.2) is 32.6 Å². The summed E-state index contributed by atoms with van der Waals surface area (Å²) >= 11 is 0. The lowest BCUT2D eigenvalue weighted by Crippen LogP contribution is -2.40. The summed E-state index contributed by atoms with van der Waals surface area (Å²) in [4.78, 5) is 65.2. The molecule has 3 aliphatic rings. The van der Waals surface area contributed by atoms with Crippen molar-refractivity contribution in [2.75, 3.05) is 48.0 Å². The van der Waals surface area contributed by atoms with Crippen molar-refractivity contribution in [1.29, 1.82) is 0 Å². The zero-order valence-corrected chi connectivity index (χ0v) is 35.5. The molecule has 3 aliphatic heterocycles. The van der Waals surface area contributed by atoms with E-state index in [9.17, 15) is 19.2 Å². The smallest absolute Gasteiger partial charge is 0.353 e. The maximum absolute atomic E-state index is 15.4. The molecule has 17 heteroatoms. The Hall–Kier alpha value is -7.43. The minimum absolute atomic E-state index is 0.0271. The van der Waals surface area contributed by atoms with Crippen molar-refractivity contribution >= 4 is 35.0 Å². The van der Waals surface area contributed by atoms with Crippen LogP contribution in [-0.4, -0.2) is 75.4 Å². The lowest BCUT2D eigenvalue weighted by Gasteiger charge is -2.34. The van der Waals surface area contributed by atoms with E-state index in [2.05, 4.69) is 15.4 Å². The van der Waals surface area contributed by atoms with Crippen LogP contribution in [-0.2, 0) is 23.1 Å². The van der Waals surface area contributed by atoms with E-state index >= 15 is 8.78 Å². The van der Waals surface area contributed by atoms with Gasteiger partial charge in [-0.05, 0) is 97.3 Å². The fourth-order valence-corrected chi connectivity index (χ4v) is 9.02. The summed E-state index contributed by atoms with van der Waals surface area (Å²) in [6.07, 6.45) is 7.11. The number of rotatable bonds is 11. The van der Waals surface area contributed by atoms with Crippen molar-refractivity contribution in [1.82, 2.24) is 29.6 Å². The topological polar surface area (TPSA) is 157 Å². The number of aromatic nitrogens is 5. The van der Waals surface area contributed by atoms with Crippen LogP contribution in [0.3, 0.4) is 0 Å². The molecule has 6 aromatic rings. The zero-order valence-electron chi connectivity index (χ0n) is 35.5. The Morgan fingerprint density at radius 2 is 1.56 bits per heavy atom. The van der Waals surface area contributed by atoms with Crippen molar-refractivity contribution in [2.45, 2.75) is 50.9 Å². The van der Waals surface area contributed by atoms with Crippen LogP contribution in [0.5, 0.6) is 17.5 Å². The van der Waals surface area contributed by atoms with Gasteiger partial charge in [-0.3, -0.25) is 29.7 Å². The maximum Gasteiger partial charge on any atom is 0.353 e. The Balaban J connectivity index is 0.970. The predicted molar refractivity (Wildman–Crippen MR) is 234 cm³/mol. The molecule has 1 N–H and O–H groups in total. The summed E-state index contributed by atoms with van der Waals surface area (Å²) < 4.78 is 45.4. The molecule has 64 heavy (non-hydrogen) atoms. The molecule has 3 aromatic heterocycles. The second kappa shape index (κ2) is 17.4. The monoisotopic (exact) mass is 869 g/mol. The fraction of sp³-hybridized carbons (Fsp3) is 0.298. The first-order valence-corrected chi connectivity index (χ1v) is 21.2. The molecule has 6 heterocycles. The zero-order chi connectivity index (χ0) is 44.6. The summed E-state index contributed by atoms with van der Waals surface area (Å²) in [6.45, 7) is 4.04. The molecule has 9 rings (SSSR count). The first-order valence-electron chi connectivity index (χ1n) is 21.2. The van der Waals surface area contributed by atoms with Gasteiger partial charge in [-0.15, -0.1) is 5.10 Å². The summed E-state index contributed by atoms with van der Waals surface area (Å²) in [6, 6.07) is 21.2. The summed E-state index contributed by atoms with van der Waals surface area (Å²) in [7, 11) is 2.99. The van der Waals surface area contributed by atoms with E-state index < -0.39 is 35.1 Å². The number of methoxy groups -OCH3 is 1. The van der Waals surface area contributed by atoms with Crippen LogP contribution in [0, 0.1) is 11.6 Å². The number of halogens is 2. The molecule has 1 unspecified atom stereocenters. The fourth-order valence-electron chi connectivity index (χ4n) is 9.02. The second-order valence-electron chi connectivity index (χ2n) is 16.0. The molecule has 3 saturated heterocycles. The van der Waals surface area contributed by atoms with E-state index in [0.717, 1.165) is 29.5 Å². The number of hydrogen-bond acceptors (Lipinski definition) is 10.